The first-order valence-electron chi connectivity index (χ1n) is 7.88. The second-order valence-corrected chi connectivity index (χ2v) is 6.30. The average Bonchev–Trinajstić information content (AvgIpc) is 2.93. The second kappa shape index (κ2) is 7.68. The van der Waals surface area contributed by atoms with Gasteiger partial charge in [0, 0.05) is 35.8 Å². The Morgan fingerprint density at radius 1 is 1.28 bits per heavy atom. The van der Waals surface area contributed by atoms with Gasteiger partial charge in [-0.05, 0) is 41.5 Å². The molecular weight excluding hydrogens is 343 g/mol. The van der Waals surface area contributed by atoms with E-state index < -0.39 is 0 Å². The summed E-state index contributed by atoms with van der Waals surface area (Å²) in [6.07, 6.45) is 0.463. The highest BCUT2D eigenvalue weighted by atomic mass is 35.5. The normalized spacial score (nSPS) is 14.0. The molecule has 2 N–H and O–H groups in total. The third-order valence-electron chi connectivity index (χ3n) is 4.08. The van der Waals surface area contributed by atoms with E-state index >= 15 is 0 Å². The predicted molar refractivity (Wildman–Crippen MR) is 95.2 cm³/mol. The summed E-state index contributed by atoms with van der Waals surface area (Å²) in [5, 5.41) is 0.667. The maximum atomic E-state index is 12.5. The number of carbonyl (C=O) groups is 1. The predicted octanol–water partition coefficient (Wildman–Crippen LogP) is 3.69. The lowest BCUT2D eigenvalue weighted by molar-refractivity contribution is 0.0766. The molecule has 1 aliphatic heterocycles. The van der Waals surface area contributed by atoms with E-state index in [1.165, 1.54) is 0 Å². The van der Waals surface area contributed by atoms with Gasteiger partial charge >= 0.3 is 0 Å². The van der Waals surface area contributed by atoms with Crippen molar-refractivity contribution in [3.05, 3.63) is 76.1 Å². The molecule has 1 heterocycles. The van der Waals surface area contributed by atoms with Gasteiger partial charge in [-0.1, -0.05) is 23.7 Å². The minimum absolute atomic E-state index is 0.0113. The molecule has 130 valence electrons. The number of fused-ring (bicyclic) bond motifs is 1. The first kappa shape index (κ1) is 17.5. The fourth-order valence-electron chi connectivity index (χ4n) is 2.70. The minimum atomic E-state index is -0.0113. The van der Waals surface area contributed by atoms with Crippen molar-refractivity contribution in [3.8, 4) is 5.75 Å². The van der Waals surface area contributed by atoms with Crippen LogP contribution >= 0.6 is 11.6 Å². The van der Waals surface area contributed by atoms with Gasteiger partial charge in [-0.15, -0.1) is 0 Å². The molecule has 0 radical (unpaired) electrons. The van der Waals surface area contributed by atoms with Crippen molar-refractivity contribution in [1.29, 1.82) is 0 Å². The minimum Gasteiger partial charge on any atom is -0.489 e. The number of hydrogen-bond donors (Lipinski definition) is 1. The van der Waals surface area contributed by atoms with E-state index in [2.05, 4.69) is 0 Å². The van der Waals surface area contributed by atoms with Crippen LogP contribution in [0.5, 0.6) is 5.75 Å². The van der Waals surface area contributed by atoms with E-state index in [0.717, 1.165) is 11.1 Å². The van der Waals surface area contributed by atoms with Crippen LogP contribution in [0.4, 0.5) is 4.39 Å². The zero-order chi connectivity index (χ0) is 17.8. The standard InChI is InChI=1S/C19H18ClFN2O2/c20-16-3-1-13(2-4-16)10-23-11-15-7-17(5-6-18(15)19(23)24)25-12-14(8-21)9-22/h1-8H,9-12,22H2/b14-8-. The summed E-state index contributed by atoms with van der Waals surface area (Å²) in [5.74, 6) is 0.579. The van der Waals surface area contributed by atoms with E-state index in [1.54, 1.807) is 17.0 Å². The van der Waals surface area contributed by atoms with Crippen LogP contribution in [-0.4, -0.2) is 24.0 Å². The van der Waals surface area contributed by atoms with Crippen molar-refractivity contribution < 1.29 is 13.9 Å². The number of ether oxygens (including phenoxy) is 1. The molecule has 3 rings (SSSR count). The van der Waals surface area contributed by atoms with Gasteiger partial charge in [-0.25, -0.2) is 4.39 Å². The quantitative estimate of drug-likeness (QED) is 0.854. The van der Waals surface area contributed by atoms with Gasteiger partial charge in [-0.3, -0.25) is 4.79 Å². The van der Waals surface area contributed by atoms with Crippen molar-refractivity contribution in [2.45, 2.75) is 13.1 Å². The van der Waals surface area contributed by atoms with Crippen molar-refractivity contribution in [2.75, 3.05) is 13.2 Å². The summed E-state index contributed by atoms with van der Waals surface area (Å²) in [7, 11) is 0. The van der Waals surface area contributed by atoms with Crippen LogP contribution in [0.1, 0.15) is 21.5 Å². The van der Waals surface area contributed by atoms with Gasteiger partial charge in [0.15, 0.2) is 0 Å². The number of hydrogen-bond acceptors (Lipinski definition) is 3. The van der Waals surface area contributed by atoms with Crippen LogP contribution in [0.3, 0.4) is 0 Å². The van der Waals surface area contributed by atoms with E-state index in [0.29, 0.717) is 41.3 Å². The highest BCUT2D eigenvalue weighted by molar-refractivity contribution is 6.30. The molecular formula is C19H18ClFN2O2. The van der Waals surface area contributed by atoms with Crippen molar-refractivity contribution in [2.24, 2.45) is 5.73 Å². The number of carbonyl (C=O) groups excluding carboxylic acids is 1. The van der Waals surface area contributed by atoms with E-state index in [4.69, 9.17) is 22.1 Å². The van der Waals surface area contributed by atoms with Crippen LogP contribution in [0.25, 0.3) is 0 Å². The first-order chi connectivity index (χ1) is 12.1. The summed E-state index contributed by atoms with van der Waals surface area (Å²) in [4.78, 5) is 14.3. The molecule has 25 heavy (non-hydrogen) atoms. The lowest BCUT2D eigenvalue weighted by Crippen LogP contribution is -2.23. The topological polar surface area (TPSA) is 55.6 Å². The zero-order valence-electron chi connectivity index (χ0n) is 13.5. The number of halogens is 2. The maximum Gasteiger partial charge on any atom is 0.254 e. The van der Waals surface area contributed by atoms with Gasteiger partial charge in [0.1, 0.15) is 12.4 Å². The molecule has 1 aliphatic rings. The highest BCUT2D eigenvalue weighted by Crippen LogP contribution is 2.28. The second-order valence-electron chi connectivity index (χ2n) is 5.87. The number of amides is 1. The largest absolute Gasteiger partial charge is 0.489 e. The number of nitrogens with zero attached hydrogens (tertiary/aromatic N) is 1. The number of benzene rings is 2. The molecule has 0 aromatic heterocycles. The van der Waals surface area contributed by atoms with Crippen LogP contribution in [0, 0.1) is 0 Å². The Morgan fingerprint density at radius 3 is 2.72 bits per heavy atom. The Morgan fingerprint density at radius 2 is 2.04 bits per heavy atom. The molecule has 4 nitrogen and oxygen atoms in total. The molecule has 6 heteroatoms. The third kappa shape index (κ3) is 4.00. The van der Waals surface area contributed by atoms with E-state index in [1.807, 2.05) is 30.3 Å². The summed E-state index contributed by atoms with van der Waals surface area (Å²) < 4.78 is 18.1. The van der Waals surface area contributed by atoms with Crippen molar-refractivity contribution in [1.82, 2.24) is 4.90 Å². The Balaban J connectivity index is 1.69. The van der Waals surface area contributed by atoms with Gasteiger partial charge in [-0.2, -0.15) is 0 Å². The van der Waals surface area contributed by atoms with Crippen LogP contribution < -0.4 is 10.5 Å². The summed E-state index contributed by atoms with van der Waals surface area (Å²) >= 11 is 5.89. The first-order valence-corrected chi connectivity index (χ1v) is 8.26. The molecule has 1 amide bonds. The lowest BCUT2D eigenvalue weighted by Gasteiger charge is -2.15. The van der Waals surface area contributed by atoms with Gasteiger partial charge in [0.25, 0.3) is 5.91 Å². The van der Waals surface area contributed by atoms with Crippen LogP contribution in [0.2, 0.25) is 5.02 Å². The van der Waals surface area contributed by atoms with Crippen LogP contribution in [0.15, 0.2) is 54.4 Å². The van der Waals surface area contributed by atoms with E-state index in [9.17, 15) is 9.18 Å². The fraction of sp³-hybridized carbons (Fsp3) is 0.211. The molecule has 0 fully saturated rings. The third-order valence-corrected chi connectivity index (χ3v) is 4.33. The Hall–Kier alpha value is -2.37. The fourth-order valence-corrected chi connectivity index (χ4v) is 2.82. The smallest absolute Gasteiger partial charge is 0.254 e. The van der Waals surface area contributed by atoms with Gasteiger partial charge in [0.05, 0.1) is 6.33 Å². The maximum absolute atomic E-state index is 12.5. The molecule has 0 saturated heterocycles. The molecule has 0 spiro atoms. The lowest BCUT2D eigenvalue weighted by atomic mass is 10.1. The molecule has 0 bridgehead atoms. The van der Waals surface area contributed by atoms with Crippen LogP contribution in [-0.2, 0) is 13.1 Å². The Labute approximate surface area is 150 Å². The van der Waals surface area contributed by atoms with Gasteiger partial charge in [0.2, 0.25) is 0 Å². The summed E-state index contributed by atoms with van der Waals surface area (Å²) in [5.41, 5.74) is 8.37. The zero-order valence-corrected chi connectivity index (χ0v) is 14.3. The molecule has 0 atom stereocenters. The monoisotopic (exact) mass is 360 g/mol. The van der Waals surface area contributed by atoms with Crippen molar-refractivity contribution in [3.63, 3.8) is 0 Å². The molecule has 2 aromatic carbocycles. The average molecular weight is 361 g/mol. The Bertz CT molecular complexity index is 806. The number of rotatable bonds is 6. The molecule has 0 unspecified atom stereocenters. The van der Waals surface area contributed by atoms with Gasteiger partial charge < -0.3 is 15.4 Å². The summed E-state index contributed by atoms with van der Waals surface area (Å²) in [6.45, 7) is 1.22. The van der Waals surface area contributed by atoms with Crippen molar-refractivity contribution >= 4 is 17.5 Å². The van der Waals surface area contributed by atoms with E-state index in [-0.39, 0.29) is 19.1 Å². The Kier molecular flexibility index (Phi) is 5.36. The number of nitrogens with two attached hydrogens (primary N) is 1. The molecule has 2 aromatic rings. The molecule has 0 aliphatic carbocycles. The highest BCUT2D eigenvalue weighted by Gasteiger charge is 2.27. The SMILES string of the molecule is NC/C(=C/F)COc1ccc2c(c1)CN(Cc1ccc(Cl)cc1)C2=O. The summed E-state index contributed by atoms with van der Waals surface area (Å²) in [6, 6.07) is 12.7. The molecule has 0 saturated carbocycles.